The van der Waals surface area contributed by atoms with E-state index < -0.39 is 0 Å². The van der Waals surface area contributed by atoms with E-state index in [9.17, 15) is 5.11 Å². The summed E-state index contributed by atoms with van der Waals surface area (Å²) < 4.78 is 0. The number of aliphatic hydroxyl groups excluding tert-OH is 1. The molecule has 0 amide bonds. The number of aliphatic hydroxyl groups is 1. The molecule has 2 fully saturated rings. The van der Waals surface area contributed by atoms with Crippen LogP contribution in [0.1, 0.15) is 38.5 Å². The topological polar surface area (TPSA) is 32.3 Å². The van der Waals surface area contributed by atoms with E-state index in [4.69, 9.17) is 0 Å². The Labute approximate surface area is 80.7 Å². The number of nitrogens with one attached hydrogen (secondary N) is 1. The molecule has 2 N–H and O–H groups in total. The van der Waals surface area contributed by atoms with Gasteiger partial charge in [-0.05, 0) is 38.1 Å². The number of hydrogen-bond donors (Lipinski definition) is 2. The molecule has 0 spiro atoms. The van der Waals surface area contributed by atoms with Crippen molar-refractivity contribution in [2.24, 2.45) is 11.8 Å². The van der Waals surface area contributed by atoms with Gasteiger partial charge in [0, 0.05) is 18.6 Å². The summed E-state index contributed by atoms with van der Waals surface area (Å²) in [5, 5.41) is 12.9. The van der Waals surface area contributed by atoms with Gasteiger partial charge >= 0.3 is 0 Å². The molecule has 0 radical (unpaired) electrons. The minimum Gasteiger partial charge on any atom is -0.396 e. The quantitative estimate of drug-likeness (QED) is 0.695. The van der Waals surface area contributed by atoms with Crippen molar-refractivity contribution >= 4 is 0 Å². The lowest BCUT2D eigenvalue weighted by Crippen LogP contribution is -2.38. The largest absolute Gasteiger partial charge is 0.396 e. The van der Waals surface area contributed by atoms with Gasteiger partial charge in [0.25, 0.3) is 0 Å². The second kappa shape index (κ2) is 4.43. The molecule has 0 aromatic rings. The summed E-state index contributed by atoms with van der Waals surface area (Å²) >= 11 is 0. The van der Waals surface area contributed by atoms with Crippen molar-refractivity contribution in [1.29, 1.82) is 0 Å². The van der Waals surface area contributed by atoms with Crippen LogP contribution in [0.25, 0.3) is 0 Å². The molecule has 2 heteroatoms. The molecule has 1 saturated heterocycles. The Morgan fingerprint density at radius 3 is 2.69 bits per heavy atom. The van der Waals surface area contributed by atoms with Gasteiger partial charge in [-0.15, -0.1) is 0 Å². The van der Waals surface area contributed by atoms with Crippen LogP contribution < -0.4 is 5.32 Å². The Hall–Kier alpha value is -0.0800. The first-order valence-corrected chi connectivity index (χ1v) is 5.76. The van der Waals surface area contributed by atoms with Crippen LogP contribution in [0.2, 0.25) is 0 Å². The first-order valence-electron chi connectivity index (χ1n) is 5.76. The van der Waals surface area contributed by atoms with Gasteiger partial charge < -0.3 is 10.4 Å². The molecule has 13 heavy (non-hydrogen) atoms. The monoisotopic (exact) mass is 183 g/mol. The van der Waals surface area contributed by atoms with E-state index in [1.807, 2.05) is 0 Å². The molecule has 2 atom stereocenters. The van der Waals surface area contributed by atoms with E-state index in [-0.39, 0.29) is 0 Å². The summed E-state index contributed by atoms with van der Waals surface area (Å²) in [6.07, 6.45) is 8.01. The van der Waals surface area contributed by atoms with Crippen molar-refractivity contribution in [1.82, 2.24) is 5.32 Å². The maximum atomic E-state index is 9.34. The van der Waals surface area contributed by atoms with Crippen LogP contribution >= 0.6 is 0 Å². The number of rotatable bonds is 3. The van der Waals surface area contributed by atoms with Crippen LogP contribution in [-0.2, 0) is 0 Å². The Morgan fingerprint density at radius 1 is 1.15 bits per heavy atom. The second-order valence-electron chi connectivity index (χ2n) is 4.59. The van der Waals surface area contributed by atoms with Crippen molar-refractivity contribution < 1.29 is 5.11 Å². The summed E-state index contributed by atoms with van der Waals surface area (Å²) in [7, 11) is 0. The fraction of sp³-hybridized carbons (Fsp3) is 1.00. The Morgan fingerprint density at radius 2 is 2.00 bits per heavy atom. The van der Waals surface area contributed by atoms with Crippen LogP contribution in [-0.4, -0.2) is 24.3 Å². The van der Waals surface area contributed by atoms with Crippen LogP contribution in [0.5, 0.6) is 0 Å². The average molecular weight is 183 g/mol. The third-order valence-electron chi connectivity index (χ3n) is 3.55. The molecular weight excluding hydrogens is 162 g/mol. The molecular formula is C11H21NO. The van der Waals surface area contributed by atoms with E-state index in [0.717, 1.165) is 12.5 Å². The van der Waals surface area contributed by atoms with Crippen molar-refractivity contribution in [3.05, 3.63) is 0 Å². The minimum absolute atomic E-state index is 0.391. The van der Waals surface area contributed by atoms with E-state index in [2.05, 4.69) is 5.32 Å². The molecule has 1 saturated carbocycles. The van der Waals surface area contributed by atoms with Gasteiger partial charge in [-0.1, -0.05) is 12.8 Å². The minimum atomic E-state index is 0.391. The molecule has 1 heterocycles. The lowest BCUT2D eigenvalue weighted by atomic mass is 9.92. The maximum Gasteiger partial charge on any atom is 0.0476 e. The third-order valence-corrected chi connectivity index (χ3v) is 3.55. The fourth-order valence-corrected chi connectivity index (χ4v) is 2.55. The molecule has 2 unspecified atom stereocenters. The standard InChI is InChI=1S/C11H21NO/c13-8-10(9-5-6-9)11-4-2-1-3-7-12-11/h9-13H,1-8H2. The summed E-state index contributed by atoms with van der Waals surface area (Å²) in [5.74, 6) is 1.39. The highest BCUT2D eigenvalue weighted by molar-refractivity contribution is 4.89. The predicted molar refractivity (Wildman–Crippen MR) is 53.6 cm³/mol. The van der Waals surface area contributed by atoms with Crippen LogP contribution in [0.3, 0.4) is 0 Å². The lowest BCUT2D eigenvalue weighted by Gasteiger charge is -2.25. The highest BCUT2D eigenvalue weighted by atomic mass is 16.3. The van der Waals surface area contributed by atoms with E-state index in [0.29, 0.717) is 18.6 Å². The van der Waals surface area contributed by atoms with Crippen molar-refractivity contribution in [2.75, 3.05) is 13.2 Å². The zero-order chi connectivity index (χ0) is 9.10. The van der Waals surface area contributed by atoms with Gasteiger partial charge in [0.1, 0.15) is 0 Å². The molecule has 0 bridgehead atoms. The maximum absolute atomic E-state index is 9.34. The Balaban J connectivity index is 1.87. The zero-order valence-electron chi connectivity index (χ0n) is 8.34. The SMILES string of the molecule is OCC(C1CC1)C1CCCCCN1. The highest BCUT2D eigenvalue weighted by Crippen LogP contribution is 2.39. The van der Waals surface area contributed by atoms with Gasteiger partial charge in [-0.2, -0.15) is 0 Å². The molecule has 76 valence electrons. The average Bonchev–Trinajstić information content (AvgIpc) is 2.92. The van der Waals surface area contributed by atoms with Crippen molar-refractivity contribution in [3.63, 3.8) is 0 Å². The fourth-order valence-electron chi connectivity index (χ4n) is 2.55. The van der Waals surface area contributed by atoms with Gasteiger partial charge in [0.15, 0.2) is 0 Å². The molecule has 1 aliphatic heterocycles. The summed E-state index contributed by atoms with van der Waals surface area (Å²) in [4.78, 5) is 0. The van der Waals surface area contributed by atoms with Gasteiger partial charge in [-0.25, -0.2) is 0 Å². The normalized spacial score (nSPS) is 32.5. The first-order chi connectivity index (χ1) is 6.42. The molecule has 0 aromatic carbocycles. The van der Waals surface area contributed by atoms with Crippen LogP contribution in [0.15, 0.2) is 0 Å². The van der Waals surface area contributed by atoms with E-state index in [1.54, 1.807) is 0 Å². The number of hydrogen-bond acceptors (Lipinski definition) is 2. The molecule has 0 aromatic heterocycles. The van der Waals surface area contributed by atoms with Crippen LogP contribution in [0.4, 0.5) is 0 Å². The van der Waals surface area contributed by atoms with Gasteiger partial charge in [-0.3, -0.25) is 0 Å². The lowest BCUT2D eigenvalue weighted by molar-refractivity contribution is 0.169. The van der Waals surface area contributed by atoms with Crippen molar-refractivity contribution in [3.8, 4) is 0 Å². The predicted octanol–water partition coefficient (Wildman–Crippen LogP) is 1.54. The summed E-state index contributed by atoms with van der Waals surface area (Å²) in [6, 6.07) is 0.611. The van der Waals surface area contributed by atoms with Gasteiger partial charge in [0.2, 0.25) is 0 Å². The Bertz CT molecular complexity index is 148. The first kappa shape index (κ1) is 9.47. The van der Waals surface area contributed by atoms with Crippen LogP contribution in [0, 0.1) is 11.8 Å². The highest BCUT2D eigenvalue weighted by Gasteiger charge is 2.35. The summed E-state index contributed by atoms with van der Waals surface area (Å²) in [6.45, 7) is 1.55. The van der Waals surface area contributed by atoms with E-state index >= 15 is 0 Å². The zero-order valence-corrected chi connectivity index (χ0v) is 8.34. The second-order valence-corrected chi connectivity index (χ2v) is 4.59. The molecule has 1 aliphatic carbocycles. The molecule has 2 rings (SSSR count). The van der Waals surface area contributed by atoms with Gasteiger partial charge in [0.05, 0.1) is 0 Å². The molecule has 2 nitrogen and oxygen atoms in total. The Kier molecular flexibility index (Phi) is 3.23. The van der Waals surface area contributed by atoms with Crippen molar-refractivity contribution in [2.45, 2.75) is 44.6 Å². The third kappa shape index (κ3) is 2.44. The summed E-state index contributed by atoms with van der Waals surface area (Å²) in [5.41, 5.74) is 0. The smallest absolute Gasteiger partial charge is 0.0476 e. The van der Waals surface area contributed by atoms with E-state index in [1.165, 1.54) is 38.5 Å². The molecule has 2 aliphatic rings.